The molecule has 0 aliphatic carbocycles. The van der Waals surface area contributed by atoms with Crippen LogP contribution in [0.1, 0.15) is 25.5 Å². The van der Waals surface area contributed by atoms with E-state index in [9.17, 15) is 13.5 Å². The lowest BCUT2D eigenvalue weighted by atomic mass is 9.98. The molecule has 1 N–H and O–H groups in total. The molecule has 90 valence electrons. The molecule has 0 aliphatic rings. The predicted octanol–water partition coefficient (Wildman–Crippen LogP) is 0.979. The van der Waals surface area contributed by atoms with Gasteiger partial charge in [-0.15, -0.1) is 0 Å². The maximum atomic E-state index is 11.3. The van der Waals surface area contributed by atoms with E-state index in [0.717, 1.165) is 6.26 Å². The molecule has 1 aromatic rings. The zero-order valence-electron chi connectivity index (χ0n) is 9.66. The summed E-state index contributed by atoms with van der Waals surface area (Å²) >= 11 is 0. The zero-order chi connectivity index (χ0) is 12.3. The van der Waals surface area contributed by atoms with Crippen LogP contribution in [0.5, 0.6) is 0 Å². The molecule has 0 fully saturated rings. The van der Waals surface area contributed by atoms with Crippen LogP contribution in [0.3, 0.4) is 0 Å². The molecule has 0 saturated carbocycles. The third kappa shape index (κ3) is 3.02. The van der Waals surface area contributed by atoms with Crippen molar-refractivity contribution >= 4 is 9.84 Å². The van der Waals surface area contributed by atoms with E-state index in [2.05, 4.69) is 4.98 Å². The molecule has 1 heterocycles. The fourth-order valence-corrected chi connectivity index (χ4v) is 2.22. The highest BCUT2D eigenvalue weighted by molar-refractivity contribution is 7.91. The molecule has 0 aliphatic heterocycles. The van der Waals surface area contributed by atoms with Crippen LogP contribution in [0.2, 0.25) is 0 Å². The Morgan fingerprint density at radius 1 is 1.31 bits per heavy atom. The highest BCUT2D eigenvalue weighted by Crippen LogP contribution is 2.21. The SMILES string of the molecule is CC(c1ccccn1)C(O)C(C)S(C)(=O)=O. The van der Waals surface area contributed by atoms with Crippen LogP contribution < -0.4 is 0 Å². The van der Waals surface area contributed by atoms with Gasteiger partial charge in [-0.2, -0.15) is 0 Å². The van der Waals surface area contributed by atoms with Gasteiger partial charge >= 0.3 is 0 Å². The Kier molecular flexibility index (Phi) is 4.04. The molecule has 0 amide bonds. The van der Waals surface area contributed by atoms with E-state index in [-0.39, 0.29) is 5.92 Å². The lowest BCUT2D eigenvalue weighted by Crippen LogP contribution is -2.34. The Morgan fingerprint density at radius 2 is 1.94 bits per heavy atom. The molecule has 0 aromatic carbocycles. The van der Waals surface area contributed by atoms with Crippen LogP contribution in [0.15, 0.2) is 24.4 Å². The molecule has 0 saturated heterocycles. The summed E-state index contributed by atoms with van der Waals surface area (Å²) in [5, 5.41) is 9.17. The van der Waals surface area contributed by atoms with Crippen LogP contribution in [-0.2, 0) is 9.84 Å². The zero-order valence-corrected chi connectivity index (χ0v) is 10.5. The van der Waals surface area contributed by atoms with Gasteiger partial charge < -0.3 is 5.11 Å². The molecule has 16 heavy (non-hydrogen) atoms. The minimum Gasteiger partial charge on any atom is -0.391 e. The van der Waals surface area contributed by atoms with Crippen molar-refractivity contribution in [1.82, 2.24) is 4.98 Å². The maximum Gasteiger partial charge on any atom is 0.152 e. The summed E-state index contributed by atoms with van der Waals surface area (Å²) in [6, 6.07) is 5.38. The van der Waals surface area contributed by atoms with Crippen molar-refractivity contribution in [3.05, 3.63) is 30.1 Å². The van der Waals surface area contributed by atoms with E-state index in [4.69, 9.17) is 0 Å². The first-order chi connectivity index (χ1) is 7.34. The number of rotatable bonds is 4. The number of hydrogen-bond donors (Lipinski definition) is 1. The van der Waals surface area contributed by atoms with Crippen molar-refractivity contribution in [3.8, 4) is 0 Å². The van der Waals surface area contributed by atoms with Crippen LogP contribution in [-0.4, -0.2) is 36.1 Å². The van der Waals surface area contributed by atoms with E-state index in [0.29, 0.717) is 5.69 Å². The van der Waals surface area contributed by atoms with E-state index < -0.39 is 21.2 Å². The van der Waals surface area contributed by atoms with Gasteiger partial charge in [0.25, 0.3) is 0 Å². The average molecular weight is 243 g/mol. The molecule has 0 bridgehead atoms. The molecule has 1 rings (SSSR count). The van der Waals surface area contributed by atoms with Crippen LogP contribution in [0.4, 0.5) is 0 Å². The molecule has 4 nitrogen and oxygen atoms in total. The summed E-state index contributed by atoms with van der Waals surface area (Å²) in [6.45, 7) is 3.29. The van der Waals surface area contributed by atoms with E-state index >= 15 is 0 Å². The summed E-state index contributed by atoms with van der Waals surface area (Å²) in [5.74, 6) is -0.300. The second kappa shape index (κ2) is 4.93. The fraction of sp³-hybridized carbons (Fsp3) is 0.545. The Bertz CT molecular complexity index is 430. The number of hydrogen-bond acceptors (Lipinski definition) is 4. The van der Waals surface area contributed by atoms with Crippen molar-refractivity contribution in [1.29, 1.82) is 0 Å². The highest BCUT2D eigenvalue weighted by Gasteiger charge is 2.29. The van der Waals surface area contributed by atoms with E-state index in [1.807, 2.05) is 6.07 Å². The molecular formula is C11H17NO3S. The Morgan fingerprint density at radius 3 is 2.38 bits per heavy atom. The maximum absolute atomic E-state index is 11.3. The lowest BCUT2D eigenvalue weighted by Gasteiger charge is -2.23. The van der Waals surface area contributed by atoms with E-state index in [1.165, 1.54) is 6.92 Å². The first-order valence-electron chi connectivity index (χ1n) is 5.12. The Hall–Kier alpha value is -0.940. The van der Waals surface area contributed by atoms with Crippen LogP contribution in [0, 0.1) is 0 Å². The van der Waals surface area contributed by atoms with Crippen molar-refractivity contribution in [2.45, 2.75) is 31.1 Å². The van der Waals surface area contributed by atoms with Crippen LogP contribution in [0.25, 0.3) is 0 Å². The van der Waals surface area contributed by atoms with Gasteiger partial charge in [0.1, 0.15) is 0 Å². The highest BCUT2D eigenvalue weighted by atomic mass is 32.2. The van der Waals surface area contributed by atoms with Gasteiger partial charge in [0, 0.05) is 24.1 Å². The number of aromatic nitrogens is 1. The van der Waals surface area contributed by atoms with Crippen molar-refractivity contribution in [2.24, 2.45) is 0 Å². The van der Waals surface area contributed by atoms with Crippen molar-refractivity contribution in [2.75, 3.05) is 6.26 Å². The molecule has 1 aromatic heterocycles. The van der Waals surface area contributed by atoms with Gasteiger partial charge in [0.05, 0.1) is 11.4 Å². The average Bonchev–Trinajstić information content (AvgIpc) is 2.26. The molecule has 0 spiro atoms. The quantitative estimate of drug-likeness (QED) is 0.856. The van der Waals surface area contributed by atoms with E-state index in [1.54, 1.807) is 25.3 Å². The largest absolute Gasteiger partial charge is 0.391 e. The lowest BCUT2D eigenvalue weighted by molar-refractivity contribution is 0.146. The fourth-order valence-electron chi connectivity index (χ4n) is 1.48. The molecule has 5 heteroatoms. The first-order valence-corrected chi connectivity index (χ1v) is 7.07. The third-order valence-electron chi connectivity index (χ3n) is 2.82. The molecule has 0 radical (unpaired) electrons. The molecule has 3 atom stereocenters. The van der Waals surface area contributed by atoms with Gasteiger partial charge in [0.15, 0.2) is 9.84 Å². The van der Waals surface area contributed by atoms with Gasteiger partial charge in [-0.25, -0.2) is 8.42 Å². The minimum atomic E-state index is -3.23. The first kappa shape index (κ1) is 13.1. The monoisotopic (exact) mass is 243 g/mol. The smallest absolute Gasteiger partial charge is 0.152 e. The Balaban J connectivity index is 2.87. The van der Waals surface area contributed by atoms with Gasteiger partial charge in [-0.1, -0.05) is 13.0 Å². The third-order valence-corrected chi connectivity index (χ3v) is 4.45. The summed E-state index contributed by atoms with van der Waals surface area (Å²) in [4.78, 5) is 4.11. The summed E-state index contributed by atoms with van der Waals surface area (Å²) in [5.41, 5.74) is 0.700. The number of aliphatic hydroxyl groups excluding tert-OH is 1. The predicted molar refractivity (Wildman–Crippen MR) is 63.0 cm³/mol. The summed E-state index contributed by atoms with van der Waals surface area (Å²) in [6.07, 6.45) is 1.82. The second-order valence-electron chi connectivity index (χ2n) is 4.07. The number of pyridine rings is 1. The van der Waals surface area contributed by atoms with Gasteiger partial charge in [0.2, 0.25) is 0 Å². The number of nitrogens with zero attached hydrogens (tertiary/aromatic N) is 1. The minimum absolute atomic E-state index is 0.300. The number of sulfone groups is 1. The number of aliphatic hydroxyl groups is 1. The topological polar surface area (TPSA) is 67.3 Å². The Labute approximate surface area is 96.3 Å². The van der Waals surface area contributed by atoms with Crippen molar-refractivity contribution in [3.63, 3.8) is 0 Å². The van der Waals surface area contributed by atoms with Crippen LogP contribution >= 0.6 is 0 Å². The summed E-state index contributed by atoms with van der Waals surface area (Å²) < 4.78 is 22.7. The normalized spacial score (nSPS) is 17.8. The van der Waals surface area contributed by atoms with Crippen molar-refractivity contribution < 1.29 is 13.5 Å². The van der Waals surface area contributed by atoms with Gasteiger partial charge in [-0.05, 0) is 19.1 Å². The van der Waals surface area contributed by atoms with Gasteiger partial charge in [-0.3, -0.25) is 4.98 Å². The molecular weight excluding hydrogens is 226 g/mol. The summed E-state index contributed by atoms with van der Waals surface area (Å²) in [7, 11) is -3.23. The second-order valence-corrected chi connectivity index (χ2v) is 6.47. The standard InChI is InChI=1S/C11H17NO3S/c1-8(10-6-4-5-7-12-10)11(13)9(2)16(3,14)15/h4-9,11,13H,1-3H3. The molecule has 3 unspecified atom stereocenters.